The molecule has 1 aromatic carbocycles. The Morgan fingerprint density at radius 1 is 1.19 bits per heavy atom. The predicted molar refractivity (Wildman–Crippen MR) is 113 cm³/mol. The topological polar surface area (TPSA) is 63.0 Å². The van der Waals surface area contributed by atoms with E-state index in [2.05, 4.69) is 4.90 Å². The fourth-order valence-electron chi connectivity index (χ4n) is 4.65. The molecule has 0 spiro atoms. The van der Waals surface area contributed by atoms with E-state index in [0.717, 1.165) is 36.3 Å². The lowest BCUT2D eigenvalue weighted by Gasteiger charge is -2.34. The van der Waals surface area contributed by atoms with Gasteiger partial charge in [-0.25, -0.2) is 9.18 Å². The second-order valence-electron chi connectivity index (χ2n) is 8.28. The number of furan rings is 1. The molecule has 1 unspecified atom stereocenters. The molecule has 2 aliphatic rings. The molecule has 4 rings (SSSR count). The normalized spacial score (nSPS) is 19.2. The SMILES string of the molecule is CCOC(=O)C1CCCCN1C(=O)c1c(C)oc2c1CN(Cc1ccc(F)cc1)CC2. The number of likely N-dealkylation sites (tertiary alicyclic amines) is 1. The van der Waals surface area contributed by atoms with Crippen LogP contribution in [0.15, 0.2) is 28.7 Å². The Balaban J connectivity index is 1.56. The number of rotatable bonds is 5. The Hall–Kier alpha value is -2.67. The zero-order chi connectivity index (χ0) is 22.0. The van der Waals surface area contributed by atoms with Gasteiger partial charge in [-0.3, -0.25) is 9.69 Å². The smallest absolute Gasteiger partial charge is 0.328 e. The summed E-state index contributed by atoms with van der Waals surface area (Å²) in [5, 5.41) is 0. The first-order chi connectivity index (χ1) is 15.0. The van der Waals surface area contributed by atoms with Crippen LogP contribution >= 0.6 is 0 Å². The number of halogens is 1. The van der Waals surface area contributed by atoms with Crippen molar-refractivity contribution in [1.29, 1.82) is 0 Å². The van der Waals surface area contributed by atoms with Gasteiger partial charge in [0.1, 0.15) is 23.4 Å². The minimum absolute atomic E-state index is 0.149. The molecule has 1 aromatic heterocycles. The molecule has 166 valence electrons. The van der Waals surface area contributed by atoms with E-state index in [-0.39, 0.29) is 17.7 Å². The molecule has 0 radical (unpaired) electrons. The van der Waals surface area contributed by atoms with Crippen LogP contribution in [-0.2, 0) is 29.0 Å². The second-order valence-corrected chi connectivity index (χ2v) is 8.28. The van der Waals surface area contributed by atoms with Gasteiger partial charge < -0.3 is 14.1 Å². The second kappa shape index (κ2) is 9.22. The Morgan fingerprint density at radius 2 is 1.97 bits per heavy atom. The third-order valence-electron chi connectivity index (χ3n) is 6.16. The van der Waals surface area contributed by atoms with E-state index in [4.69, 9.17) is 9.15 Å². The van der Waals surface area contributed by atoms with Crippen LogP contribution in [0.3, 0.4) is 0 Å². The number of piperidine rings is 1. The van der Waals surface area contributed by atoms with E-state index in [1.807, 2.05) is 6.92 Å². The first-order valence-electron chi connectivity index (χ1n) is 11.0. The monoisotopic (exact) mass is 428 g/mol. The summed E-state index contributed by atoms with van der Waals surface area (Å²) in [6, 6.07) is 5.97. The average Bonchev–Trinajstić information content (AvgIpc) is 3.10. The molecule has 7 heteroatoms. The lowest BCUT2D eigenvalue weighted by Crippen LogP contribution is -2.49. The Labute approximate surface area is 182 Å². The van der Waals surface area contributed by atoms with E-state index in [9.17, 15) is 14.0 Å². The van der Waals surface area contributed by atoms with Crippen molar-refractivity contribution in [3.05, 3.63) is 58.3 Å². The van der Waals surface area contributed by atoms with Crippen LogP contribution in [0.1, 0.15) is 59.2 Å². The number of aryl methyl sites for hydroxylation is 1. The van der Waals surface area contributed by atoms with Crippen molar-refractivity contribution in [3.8, 4) is 0 Å². The Kier molecular flexibility index (Phi) is 6.41. The molecule has 31 heavy (non-hydrogen) atoms. The maximum Gasteiger partial charge on any atom is 0.328 e. The average molecular weight is 429 g/mol. The zero-order valence-electron chi connectivity index (χ0n) is 18.2. The number of fused-ring (bicyclic) bond motifs is 1. The van der Waals surface area contributed by atoms with Crippen LogP contribution in [-0.4, -0.2) is 47.4 Å². The number of hydrogen-bond donors (Lipinski definition) is 0. The number of ether oxygens (including phenoxy) is 1. The minimum atomic E-state index is -0.537. The van der Waals surface area contributed by atoms with Crippen molar-refractivity contribution < 1.29 is 23.1 Å². The largest absolute Gasteiger partial charge is 0.465 e. The van der Waals surface area contributed by atoms with Gasteiger partial charge in [0.25, 0.3) is 5.91 Å². The number of carbonyl (C=O) groups excluding carboxylic acids is 2. The maximum atomic E-state index is 13.6. The number of amides is 1. The highest BCUT2D eigenvalue weighted by atomic mass is 19.1. The first-order valence-corrected chi connectivity index (χ1v) is 11.0. The molecule has 0 saturated carbocycles. The van der Waals surface area contributed by atoms with Crippen molar-refractivity contribution in [3.63, 3.8) is 0 Å². The van der Waals surface area contributed by atoms with Crippen molar-refractivity contribution in [1.82, 2.24) is 9.80 Å². The van der Waals surface area contributed by atoms with Crippen molar-refractivity contribution in [2.24, 2.45) is 0 Å². The predicted octanol–water partition coefficient (Wildman–Crippen LogP) is 3.84. The fourth-order valence-corrected chi connectivity index (χ4v) is 4.65. The van der Waals surface area contributed by atoms with Gasteiger partial charge in [-0.05, 0) is 50.8 Å². The van der Waals surface area contributed by atoms with Crippen LogP contribution < -0.4 is 0 Å². The molecule has 1 atom stereocenters. The van der Waals surface area contributed by atoms with E-state index in [0.29, 0.717) is 50.4 Å². The van der Waals surface area contributed by atoms with Crippen molar-refractivity contribution in [2.75, 3.05) is 19.7 Å². The lowest BCUT2D eigenvalue weighted by molar-refractivity contribution is -0.149. The van der Waals surface area contributed by atoms with Crippen LogP contribution in [0.2, 0.25) is 0 Å². The number of esters is 1. The van der Waals surface area contributed by atoms with Gasteiger partial charge in [0.15, 0.2) is 0 Å². The summed E-state index contributed by atoms with van der Waals surface area (Å²) in [4.78, 5) is 29.9. The lowest BCUT2D eigenvalue weighted by atomic mass is 9.97. The van der Waals surface area contributed by atoms with Gasteiger partial charge in [0.2, 0.25) is 0 Å². The van der Waals surface area contributed by atoms with E-state index in [1.54, 1.807) is 24.0 Å². The molecular formula is C24H29FN2O4. The molecule has 6 nitrogen and oxygen atoms in total. The minimum Gasteiger partial charge on any atom is -0.465 e. The third-order valence-corrected chi connectivity index (χ3v) is 6.16. The summed E-state index contributed by atoms with van der Waals surface area (Å²) in [5.74, 6) is 0.723. The maximum absolute atomic E-state index is 13.6. The van der Waals surface area contributed by atoms with Gasteiger partial charge in [-0.15, -0.1) is 0 Å². The van der Waals surface area contributed by atoms with Gasteiger partial charge in [-0.1, -0.05) is 12.1 Å². The molecule has 0 bridgehead atoms. The summed E-state index contributed by atoms with van der Waals surface area (Å²) in [5.41, 5.74) is 2.51. The third kappa shape index (κ3) is 4.51. The van der Waals surface area contributed by atoms with E-state index in [1.165, 1.54) is 12.1 Å². The first kappa shape index (κ1) is 21.6. The van der Waals surface area contributed by atoms with Gasteiger partial charge in [0.05, 0.1) is 12.2 Å². The van der Waals surface area contributed by atoms with Gasteiger partial charge in [-0.2, -0.15) is 0 Å². The van der Waals surface area contributed by atoms with Crippen LogP contribution in [0.4, 0.5) is 4.39 Å². The zero-order valence-corrected chi connectivity index (χ0v) is 18.2. The molecule has 0 N–H and O–H groups in total. The molecule has 0 aliphatic carbocycles. The summed E-state index contributed by atoms with van der Waals surface area (Å²) >= 11 is 0. The van der Waals surface area contributed by atoms with Crippen LogP contribution in [0.5, 0.6) is 0 Å². The summed E-state index contributed by atoms with van der Waals surface area (Å²) in [7, 11) is 0. The Bertz CT molecular complexity index is 953. The van der Waals surface area contributed by atoms with E-state index < -0.39 is 6.04 Å². The van der Waals surface area contributed by atoms with E-state index >= 15 is 0 Å². The van der Waals surface area contributed by atoms with Crippen LogP contribution in [0, 0.1) is 12.7 Å². The molecule has 1 amide bonds. The van der Waals surface area contributed by atoms with Gasteiger partial charge >= 0.3 is 5.97 Å². The fraction of sp³-hybridized carbons (Fsp3) is 0.500. The standard InChI is InChI=1S/C24H29FN2O4/c1-3-30-24(29)20-6-4-5-12-27(20)23(28)22-16(2)31-21-11-13-26(15-19(21)22)14-17-7-9-18(25)10-8-17/h7-10,20H,3-6,11-15H2,1-2H3. The van der Waals surface area contributed by atoms with Crippen molar-refractivity contribution in [2.45, 2.75) is 58.7 Å². The highest BCUT2D eigenvalue weighted by Gasteiger charge is 2.37. The molecule has 2 aromatic rings. The summed E-state index contributed by atoms with van der Waals surface area (Å²) in [6.07, 6.45) is 3.12. The van der Waals surface area contributed by atoms with Crippen molar-refractivity contribution >= 4 is 11.9 Å². The molecule has 2 aliphatic heterocycles. The molecule has 1 fully saturated rings. The summed E-state index contributed by atoms with van der Waals surface area (Å²) in [6.45, 7) is 6.51. The number of hydrogen-bond acceptors (Lipinski definition) is 5. The number of benzene rings is 1. The van der Waals surface area contributed by atoms with Gasteiger partial charge in [0, 0.05) is 38.2 Å². The Morgan fingerprint density at radius 3 is 2.71 bits per heavy atom. The van der Waals surface area contributed by atoms with Crippen LogP contribution in [0.25, 0.3) is 0 Å². The quantitative estimate of drug-likeness (QED) is 0.677. The molecule has 3 heterocycles. The highest BCUT2D eigenvalue weighted by molar-refractivity contribution is 5.99. The number of nitrogens with zero attached hydrogens (tertiary/aromatic N) is 2. The summed E-state index contributed by atoms with van der Waals surface area (Å²) < 4.78 is 24.4. The highest BCUT2D eigenvalue weighted by Crippen LogP contribution is 2.31. The molecular weight excluding hydrogens is 399 g/mol. The number of carbonyl (C=O) groups is 2. The molecule has 1 saturated heterocycles.